The lowest BCUT2D eigenvalue weighted by molar-refractivity contribution is 0.666. The second-order valence-electron chi connectivity index (χ2n) is 14.9. The topological polar surface area (TPSA) is 16.4 Å². The Morgan fingerprint density at radius 2 is 0.807 bits per heavy atom. The SMILES string of the molecule is c1ccc(-c2ccc(N(c3ccccc3)c3cccc(-c4ccc5c(c4)oc4cc(C6(c7ccccc7)c7ccccc7-c7ccccc76)ccc45)c3)cc2)cc1. The summed E-state index contributed by atoms with van der Waals surface area (Å²) in [4.78, 5) is 2.32. The summed E-state index contributed by atoms with van der Waals surface area (Å²) in [6, 6.07) is 80.9. The van der Waals surface area contributed by atoms with Crippen molar-refractivity contribution in [2.45, 2.75) is 5.41 Å². The third kappa shape index (κ3) is 5.33. The Hall–Kier alpha value is -7.42. The van der Waals surface area contributed by atoms with Crippen LogP contribution < -0.4 is 4.90 Å². The van der Waals surface area contributed by atoms with Gasteiger partial charge in [-0.3, -0.25) is 0 Å². The number of nitrogens with zero attached hydrogens (tertiary/aromatic N) is 1. The molecule has 0 radical (unpaired) electrons. The van der Waals surface area contributed by atoms with E-state index in [1.807, 2.05) is 0 Å². The van der Waals surface area contributed by atoms with Gasteiger partial charge in [-0.05, 0) is 110 Å². The Morgan fingerprint density at radius 3 is 1.51 bits per heavy atom. The van der Waals surface area contributed by atoms with E-state index < -0.39 is 5.41 Å². The van der Waals surface area contributed by atoms with Crippen LogP contribution in [0.4, 0.5) is 17.1 Å². The number of rotatable bonds is 7. The molecule has 0 spiro atoms. The van der Waals surface area contributed by atoms with E-state index in [9.17, 15) is 0 Å². The zero-order valence-corrected chi connectivity index (χ0v) is 31.2. The van der Waals surface area contributed by atoms with Crippen LogP contribution in [0, 0.1) is 0 Å². The number of furan rings is 1. The highest BCUT2D eigenvalue weighted by Gasteiger charge is 2.46. The lowest BCUT2D eigenvalue weighted by Gasteiger charge is -2.33. The van der Waals surface area contributed by atoms with Gasteiger partial charge in [0.15, 0.2) is 0 Å². The largest absolute Gasteiger partial charge is 0.456 e. The van der Waals surface area contributed by atoms with Crippen LogP contribution in [0.25, 0.3) is 55.3 Å². The van der Waals surface area contributed by atoms with Gasteiger partial charge in [0.2, 0.25) is 0 Å². The maximum absolute atomic E-state index is 6.83. The first-order valence-corrected chi connectivity index (χ1v) is 19.6. The summed E-state index contributed by atoms with van der Waals surface area (Å²) in [5, 5.41) is 2.23. The summed E-state index contributed by atoms with van der Waals surface area (Å²) < 4.78 is 6.83. The second kappa shape index (κ2) is 13.4. The summed E-state index contributed by atoms with van der Waals surface area (Å²) in [5.74, 6) is 0. The molecular formula is C55H37NO. The average Bonchev–Trinajstić information content (AvgIpc) is 3.81. The molecule has 1 aliphatic rings. The Morgan fingerprint density at radius 1 is 0.316 bits per heavy atom. The summed E-state index contributed by atoms with van der Waals surface area (Å²) in [6.45, 7) is 0. The van der Waals surface area contributed by atoms with Gasteiger partial charge in [-0.25, -0.2) is 0 Å². The number of hydrogen-bond donors (Lipinski definition) is 0. The summed E-state index contributed by atoms with van der Waals surface area (Å²) >= 11 is 0. The highest BCUT2D eigenvalue weighted by molar-refractivity contribution is 6.06. The molecule has 57 heavy (non-hydrogen) atoms. The van der Waals surface area contributed by atoms with Crippen molar-refractivity contribution in [1.29, 1.82) is 0 Å². The van der Waals surface area contributed by atoms with Gasteiger partial charge in [0.25, 0.3) is 0 Å². The van der Waals surface area contributed by atoms with Gasteiger partial charge in [-0.1, -0.05) is 170 Å². The van der Waals surface area contributed by atoms with Crippen LogP contribution in [-0.2, 0) is 5.41 Å². The highest BCUT2D eigenvalue weighted by Crippen LogP contribution is 2.56. The van der Waals surface area contributed by atoms with Crippen LogP contribution in [0.5, 0.6) is 0 Å². The first-order valence-electron chi connectivity index (χ1n) is 19.6. The fourth-order valence-electron chi connectivity index (χ4n) is 9.18. The van der Waals surface area contributed by atoms with Crippen molar-refractivity contribution in [3.8, 4) is 33.4 Å². The minimum Gasteiger partial charge on any atom is -0.456 e. The van der Waals surface area contributed by atoms with Gasteiger partial charge < -0.3 is 9.32 Å². The molecule has 1 heterocycles. The van der Waals surface area contributed by atoms with Crippen molar-refractivity contribution in [2.75, 3.05) is 4.90 Å². The Kier molecular flexibility index (Phi) is 7.75. The molecule has 11 rings (SSSR count). The Balaban J connectivity index is 1.01. The van der Waals surface area contributed by atoms with Crippen molar-refractivity contribution in [2.24, 2.45) is 0 Å². The standard InChI is InChI=1S/C55H37NO/c1-4-15-38(16-5-1)39-27-31-45(32-28-39)56(44-20-8-3-9-21-44)46-22-14-17-40(35-46)41-29-33-49-50-34-30-43(37-54(50)57-53(49)36-41)55(42-18-6-2-7-19-42)51-25-12-10-23-47(51)48-24-11-13-26-52(48)55/h1-37H. The third-order valence-corrected chi connectivity index (χ3v) is 11.8. The molecule has 0 fully saturated rings. The average molecular weight is 728 g/mol. The maximum atomic E-state index is 6.83. The van der Waals surface area contributed by atoms with Crippen molar-refractivity contribution in [1.82, 2.24) is 0 Å². The van der Waals surface area contributed by atoms with Gasteiger partial charge in [0.05, 0.1) is 5.41 Å². The smallest absolute Gasteiger partial charge is 0.136 e. The normalized spacial score (nSPS) is 12.7. The fourth-order valence-corrected chi connectivity index (χ4v) is 9.18. The molecule has 0 atom stereocenters. The van der Waals surface area contributed by atoms with Crippen molar-refractivity contribution in [3.63, 3.8) is 0 Å². The van der Waals surface area contributed by atoms with Gasteiger partial charge >= 0.3 is 0 Å². The number of benzene rings is 9. The molecule has 0 aliphatic heterocycles. The lowest BCUT2D eigenvalue weighted by Crippen LogP contribution is -2.28. The van der Waals surface area contributed by atoms with E-state index in [0.29, 0.717) is 0 Å². The number of hydrogen-bond acceptors (Lipinski definition) is 2. The fraction of sp³-hybridized carbons (Fsp3) is 0.0182. The molecule has 268 valence electrons. The Labute approximate surface area is 332 Å². The van der Waals surface area contributed by atoms with Crippen molar-refractivity contribution < 1.29 is 4.42 Å². The van der Waals surface area contributed by atoms with Gasteiger partial charge in [-0.15, -0.1) is 0 Å². The minimum atomic E-state index is -0.473. The number of para-hydroxylation sites is 1. The molecule has 0 amide bonds. The third-order valence-electron chi connectivity index (χ3n) is 11.8. The summed E-state index contributed by atoms with van der Waals surface area (Å²) in [5.41, 5.74) is 16.8. The molecule has 10 aromatic rings. The van der Waals surface area contributed by atoms with Crippen LogP contribution in [0.3, 0.4) is 0 Å². The van der Waals surface area contributed by atoms with Crippen LogP contribution >= 0.6 is 0 Å². The molecule has 1 aliphatic carbocycles. The molecule has 9 aromatic carbocycles. The molecule has 0 saturated heterocycles. The molecule has 2 nitrogen and oxygen atoms in total. The van der Waals surface area contributed by atoms with Crippen LogP contribution in [-0.4, -0.2) is 0 Å². The van der Waals surface area contributed by atoms with E-state index in [2.05, 4.69) is 229 Å². The van der Waals surface area contributed by atoms with Crippen molar-refractivity contribution in [3.05, 3.63) is 247 Å². The number of anilines is 3. The molecule has 0 unspecified atom stereocenters. The van der Waals surface area contributed by atoms with E-state index in [-0.39, 0.29) is 0 Å². The van der Waals surface area contributed by atoms with E-state index >= 15 is 0 Å². The zero-order valence-electron chi connectivity index (χ0n) is 31.2. The minimum absolute atomic E-state index is 0.473. The second-order valence-corrected chi connectivity index (χ2v) is 14.9. The number of fused-ring (bicyclic) bond motifs is 6. The first kappa shape index (κ1) is 33.0. The van der Waals surface area contributed by atoms with Crippen LogP contribution in [0.2, 0.25) is 0 Å². The van der Waals surface area contributed by atoms with E-state index in [1.165, 1.54) is 44.5 Å². The van der Waals surface area contributed by atoms with Gasteiger partial charge in [0, 0.05) is 27.8 Å². The molecule has 1 aromatic heterocycles. The molecule has 2 heteroatoms. The predicted octanol–water partition coefficient (Wildman–Crippen LogP) is 14.8. The van der Waals surface area contributed by atoms with E-state index in [4.69, 9.17) is 4.42 Å². The summed E-state index contributed by atoms with van der Waals surface area (Å²) in [7, 11) is 0. The molecule has 0 bridgehead atoms. The van der Waals surface area contributed by atoms with E-state index in [1.54, 1.807) is 0 Å². The maximum Gasteiger partial charge on any atom is 0.136 e. The highest BCUT2D eigenvalue weighted by atomic mass is 16.3. The van der Waals surface area contributed by atoms with Crippen LogP contribution in [0.15, 0.2) is 229 Å². The van der Waals surface area contributed by atoms with Crippen molar-refractivity contribution >= 4 is 39.0 Å². The molecule has 0 N–H and O–H groups in total. The molecule has 0 saturated carbocycles. The monoisotopic (exact) mass is 727 g/mol. The zero-order chi connectivity index (χ0) is 37.8. The van der Waals surface area contributed by atoms with Gasteiger partial charge in [-0.2, -0.15) is 0 Å². The summed E-state index contributed by atoms with van der Waals surface area (Å²) in [6.07, 6.45) is 0. The quantitative estimate of drug-likeness (QED) is 0.163. The van der Waals surface area contributed by atoms with Gasteiger partial charge in [0.1, 0.15) is 11.2 Å². The van der Waals surface area contributed by atoms with E-state index in [0.717, 1.165) is 50.1 Å². The van der Waals surface area contributed by atoms with Crippen LogP contribution in [0.1, 0.15) is 22.3 Å². The first-order chi connectivity index (χ1) is 28.3. The Bertz CT molecular complexity index is 3010. The predicted molar refractivity (Wildman–Crippen MR) is 237 cm³/mol. The molecular weight excluding hydrogens is 691 g/mol. The lowest BCUT2D eigenvalue weighted by atomic mass is 9.67.